The number of allylic oxidation sites excluding steroid dienone is 2. The van der Waals surface area contributed by atoms with Crippen molar-refractivity contribution in [3.8, 4) is 0 Å². The molecule has 0 spiro atoms. The summed E-state index contributed by atoms with van der Waals surface area (Å²) in [5, 5.41) is 9.96. The number of rotatable bonds is 8. The first-order valence-electron chi connectivity index (χ1n) is 10.8. The van der Waals surface area contributed by atoms with E-state index in [2.05, 4.69) is 26.0 Å². The molecule has 0 radical (unpaired) electrons. The predicted octanol–water partition coefficient (Wildman–Crippen LogP) is 7.06. The summed E-state index contributed by atoms with van der Waals surface area (Å²) < 4.78 is 5.67. The van der Waals surface area contributed by atoms with E-state index < -0.39 is 11.9 Å². The number of unbranched alkanes of at least 4 members (excludes halogenated alkanes) is 4. The second-order valence-electron chi connectivity index (χ2n) is 7.50. The number of benzene rings is 2. The third kappa shape index (κ3) is 6.31. The van der Waals surface area contributed by atoms with E-state index in [-0.39, 0.29) is 5.43 Å². The van der Waals surface area contributed by atoms with Crippen LogP contribution in [0.4, 0.5) is 0 Å². The molecule has 1 aromatic heterocycles. The number of hydrogen-bond donors (Lipinski definition) is 1. The Balaban J connectivity index is 0.000000274. The van der Waals surface area contributed by atoms with Crippen molar-refractivity contribution in [1.82, 2.24) is 0 Å². The van der Waals surface area contributed by atoms with Crippen LogP contribution in [0.5, 0.6) is 0 Å². The van der Waals surface area contributed by atoms with Crippen LogP contribution in [0.25, 0.3) is 21.9 Å². The predicted molar refractivity (Wildman–Crippen MR) is 124 cm³/mol. The van der Waals surface area contributed by atoms with Crippen LogP contribution in [-0.2, 0) is 4.79 Å². The monoisotopic (exact) mass is 408 g/mol. The molecular weight excluding hydrogens is 376 g/mol. The van der Waals surface area contributed by atoms with E-state index in [1.807, 2.05) is 0 Å². The molecule has 3 rings (SSSR count). The molecule has 0 aliphatic heterocycles. The summed E-state index contributed by atoms with van der Waals surface area (Å²) in [4.78, 5) is 23.5. The maximum absolute atomic E-state index is 12.4. The van der Waals surface area contributed by atoms with Gasteiger partial charge in [-0.1, -0.05) is 69.9 Å². The van der Waals surface area contributed by atoms with Crippen LogP contribution in [0.2, 0.25) is 0 Å². The highest BCUT2D eigenvalue weighted by atomic mass is 16.4. The number of fused-ring (bicyclic) bond motifs is 2. The summed E-state index contributed by atoms with van der Waals surface area (Å²) in [5.41, 5.74) is 1.45. The summed E-state index contributed by atoms with van der Waals surface area (Å²) >= 11 is 0. The fraction of sp³-hybridized carbons (Fsp3) is 0.385. The molecule has 0 aliphatic rings. The smallest absolute Gasteiger partial charge is 0.310 e. The van der Waals surface area contributed by atoms with Crippen molar-refractivity contribution in [2.45, 2.75) is 65.2 Å². The van der Waals surface area contributed by atoms with Crippen molar-refractivity contribution >= 4 is 27.9 Å². The highest BCUT2D eigenvalue weighted by Crippen LogP contribution is 2.23. The molecule has 0 saturated carbocycles. The first-order valence-corrected chi connectivity index (χ1v) is 10.8. The van der Waals surface area contributed by atoms with Gasteiger partial charge < -0.3 is 9.52 Å². The van der Waals surface area contributed by atoms with Crippen LogP contribution in [-0.4, -0.2) is 11.1 Å². The van der Waals surface area contributed by atoms with Gasteiger partial charge in [-0.15, -0.1) is 0 Å². The van der Waals surface area contributed by atoms with Crippen molar-refractivity contribution in [2.75, 3.05) is 0 Å². The Kier molecular flexibility index (Phi) is 9.33. The molecule has 1 unspecified atom stereocenters. The topological polar surface area (TPSA) is 67.5 Å². The zero-order valence-corrected chi connectivity index (χ0v) is 18.2. The van der Waals surface area contributed by atoms with Gasteiger partial charge in [-0.25, -0.2) is 0 Å². The number of aliphatic carboxylic acids is 1. The fourth-order valence-electron chi connectivity index (χ4n) is 3.11. The second-order valence-corrected chi connectivity index (χ2v) is 7.50. The zero-order chi connectivity index (χ0) is 21.9. The van der Waals surface area contributed by atoms with Crippen LogP contribution in [0.3, 0.4) is 0 Å². The summed E-state index contributed by atoms with van der Waals surface area (Å²) in [6, 6.07) is 12.0. The molecule has 0 aliphatic carbocycles. The Morgan fingerprint density at radius 1 is 0.967 bits per heavy atom. The number of hydrogen-bond acceptors (Lipinski definition) is 3. The Hall–Kier alpha value is -2.88. The lowest BCUT2D eigenvalue weighted by Crippen LogP contribution is -2.09. The number of carboxylic acids is 1. The van der Waals surface area contributed by atoms with Crippen LogP contribution < -0.4 is 5.43 Å². The van der Waals surface area contributed by atoms with Crippen LogP contribution >= 0.6 is 0 Å². The van der Waals surface area contributed by atoms with Gasteiger partial charge >= 0.3 is 5.97 Å². The van der Waals surface area contributed by atoms with Crippen molar-refractivity contribution in [3.63, 3.8) is 0 Å². The highest BCUT2D eigenvalue weighted by Gasteiger charge is 2.15. The minimum atomic E-state index is -0.922. The van der Waals surface area contributed by atoms with Gasteiger partial charge in [-0.05, 0) is 49.6 Å². The lowest BCUT2D eigenvalue weighted by Gasteiger charge is -2.08. The van der Waals surface area contributed by atoms with Gasteiger partial charge in [-0.3, -0.25) is 9.59 Å². The molecule has 0 bridgehead atoms. The van der Waals surface area contributed by atoms with Crippen LogP contribution in [0, 0.1) is 0 Å². The molecule has 0 saturated heterocycles. The van der Waals surface area contributed by atoms with E-state index in [0.29, 0.717) is 27.5 Å². The number of carbonyl (C=O) groups is 1. The molecule has 30 heavy (non-hydrogen) atoms. The van der Waals surface area contributed by atoms with E-state index in [1.54, 1.807) is 49.4 Å². The van der Waals surface area contributed by atoms with E-state index in [9.17, 15) is 9.59 Å². The van der Waals surface area contributed by atoms with Gasteiger partial charge in [0.1, 0.15) is 11.2 Å². The molecule has 1 N–H and O–H groups in total. The Labute approximate surface area is 178 Å². The van der Waals surface area contributed by atoms with Gasteiger partial charge in [0.15, 0.2) is 0 Å². The average Bonchev–Trinajstić information content (AvgIpc) is 2.76. The standard InChI is InChI=1S/C16H12O4.C10H20/c1-9(16(18)19)10-6-7-14-12(8-10)15(17)11-4-2-3-5-13(11)20-14;1-3-5-7-9-10-8-6-4-2/h2-9H,1H3,(H,18,19);9-10H,3-8H2,1-2H3. The molecule has 0 fully saturated rings. The molecule has 1 atom stereocenters. The first-order chi connectivity index (χ1) is 14.5. The normalized spacial score (nSPS) is 12.1. The van der Waals surface area contributed by atoms with Gasteiger partial charge in [0, 0.05) is 0 Å². The summed E-state index contributed by atoms with van der Waals surface area (Å²) in [7, 11) is 0. The zero-order valence-electron chi connectivity index (χ0n) is 18.2. The summed E-state index contributed by atoms with van der Waals surface area (Å²) in [5.74, 6) is -1.58. The van der Waals surface area contributed by atoms with Crippen molar-refractivity contribution < 1.29 is 14.3 Å². The Morgan fingerprint density at radius 2 is 1.57 bits per heavy atom. The summed E-state index contributed by atoms with van der Waals surface area (Å²) in [6.45, 7) is 6.06. The van der Waals surface area contributed by atoms with Gasteiger partial charge in [-0.2, -0.15) is 0 Å². The highest BCUT2D eigenvalue weighted by molar-refractivity contribution is 5.90. The summed E-state index contributed by atoms with van der Waals surface area (Å²) in [6.07, 6.45) is 12.5. The van der Waals surface area contributed by atoms with E-state index in [4.69, 9.17) is 9.52 Å². The lowest BCUT2D eigenvalue weighted by atomic mass is 9.99. The largest absolute Gasteiger partial charge is 0.481 e. The first kappa shape index (κ1) is 23.4. The van der Waals surface area contributed by atoms with Crippen molar-refractivity contribution in [3.05, 3.63) is 70.4 Å². The SMILES string of the molecule is CC(C(=O)O)c1ccc2oc3ccccc3c(=O)c2c1.CCCCC=CCCCC. The fourth-order valence-corrected chi connectivity index (χ4v) is 3.11. The molecular formula is C26H32O4. The quantitative estimate of drug-likeness (QED) is 0.246. The molecule has 4 heteroatoms. The maximum Gasteiger partial charge on any atom is 0.310 e. The maximum atomic E-state index is 12.4. The van der Waals surface area contributed by atoms with Crippen LogP contribution in [0.1, 0.15) is 70.8 Å². The Bertz CT molecular complexity index is 1040. The molecule has 4 nitrogen and oxygen atoms in total. The number of para-hydroxylation sites is 1. The van der Waals surface area contributed by atoms with E-state index >= 15 is 0 Å². The average molecular weight is 409 g/mol. The molecule has 0 amide bonds. The van der Waals surface area contributed by atoms with Crippen LogP contribution in [0.15, 0.2) is 63.8 Å². The third-order valence-electron chi connectivity index (χ3n) is 5.09. The van der Waals surface area contributed by atoms with Gasteiger partial charge in [0.05, 0.1) is 16.7 Å². The lowest BCUT2D eigenvalue weighted by molar-refractivity contribution is -0.138. The second kappa shape index (κ2) is 12.0. The van der Waals surface area contributed by atoms with E-state index in [1.165, 1.54) is 38.5 Å². The van der Waals surface area contributed by atoms with Crippen molar-refractivity contribution in [2.24, 2.45) is 0 Å². The molecule has 1 heterocycles. The van der Waals surface area contributed by atoms with Gasteiger partial charge in [0.2, 0.25) is 5.43 Å². The minimum absolute atomic E-state index is 0.138. The minimum Gasteiger partial charge on any atom is -0.481 e. The van der Waals surface area contributed by atoms with Crippen molar-refractivity contribution in [1.29, 1.82) is 0 Å². The molecule has 160 valence electrons. The molecule has 2 aromatic carbocycles. The van der Waals surface area contributed by atoms with E-state index in [0.717, 1.165) is 0 Å². The van der Waals surface area contributed by atoms with Gasteiger partial charge in [0.25, 0.3) is 0 Å². The number of carboxylic acid groups (broad SMARTS) is 1. The Morgan fingerprint density at radius 3 is 2.17 bits per heavy atom. The third-order valence-corrected chi connectivity index (χ3v) is 5.09. The molecule has 3 aromatic rings.